The first kappa shape index (κ1) is 13.0. The van der Waals surface area contributed by atoms with E-state index in [4.69, 9.17) is 0 Å². The summed E-state index contributed by atoms with van der Waals surface area (Å²) >= 11 is 0. The molecule has 0 bridgehead atoms. The maximum Gasteiger partial charge on any atom is 0.221 e. The van der Waals surface area contributed by atoms with Crippen molar-refractivity contribution >= 4 is 17.4 Å². The Labute approximate surface area is 101 Å². The molecule has 0 radical (unpaired) electrons. The van der Waals surface area contributed by atoms with Crippen LogP contribution < -0.4 is 5.32 Å². The Kier molecular flexibility index (Phi) is 4.46. The molecule has 0 spiro atoms. The van der Waals surface area contributed by atoms with Gasteiger partial charge in [-0.15, -0.1) is 0 Å². The molecule has 1 aromatic carbocycles. The van der Waals surface area contributed by atoms with E-state index in [2.05, 4.69) is 5.32 Å². The molecule has 0 saturated heterocycles. The van der Waals surface area contributed by atoms with Crippen molar-refractivity contribution < 1.29 is 9.59 Å². The van der Waals surface area contributed by atoms with Gasteiger partial charge in [0.05, 0.1) is 0 Å². The van der Waals surface area contributed by atoms with Crippen molar-refractivity contribution in [1.82, 2.24) is 4.90 Å². The number of hydrogen-bond donors (Lipinski definition) is 1. The SMILES string of the molecule is CC(=O)Nc1cccc(C(=O)/C=C/N(C)C)c1. The first-order valence-electron chi connectivity index (χ1n) is 5.25. The van der Waals surface area contributed by atoms with E-state index in [1.165, 1.54) is 13.0 Å². The predicted molar refractivity (Wildman–Crippen MR) is 67.9 cm³/mol. The number of carbonyl (C=O) groups is 2. The van der Waals surface area contributed by atoms with Gasteiger partial charge in [-0.25, -0.2) is 0 Å². The van der Waals surface area contributed by atoms with E-state index in [1.807, 2.05) is 14.1 Å². The molecule has 0 saturated carbocycles. The smallest absolute Gasteiger partial charge is 0.221 e. The molecule has 0 fully saturated rings. The zero-order valence-corrected chi connectivity index (χ0v) is 10.2. The Morgan fingerprint density at radius 1 is 1.29 bits per heavy atom. The van der Waals surface area contributed by atoms with Crippen molar-refractivity contribution in [2.24, 2.45) is 0 Å². The third kappa shape index (κ3) is 4.51. The van der Waals surface area contributed by atoms with Crippen LogP contribution in [0.3, 0.4) is 0 Å². The largest absolute Gasteiger partial charge is 0.383 e. The Balaban J connectivity index is 2.84. The molecule has 0 aliphatic rings. The zero-order chi connectivity index (χ0) is 12.8. The van der Waals surface area contributed by atoms with Gasteiger partial charge < -0.3 is 10.2 Å². The predicted octanol–water partition coefficient (Wildman–Crippen LogP) is 1.90. The van der Waals surface area contributed by atoms with Crippen LogP contribution in [0.1, 0.15) is 17.3 Å². The molecule has 0 atom stereocenters. The van der Waals surface area contributed by atoms with Crippen LogP contribution in [-0.4, -0.2) is 30.7 Å². The minimum Gasteiger partial charge on any atom is -0.383 e. The number of carbonyl (C=O) groups excluding carboxylic acids is 2. The van der Waals surface area contributed by atoms with Crippen LogP contribution in [0.4, 0.5) is 5.69 Å². The Hall–Kier alpha value is -2.10. The van der Waals surface area contributed by atoms with Crippen molar-refractivity contribution in [2.45, 2.75) is 6.92 Å². The lowest BCUT2D eigenvalue weighted by Crippen LogP contribution is -2.07. The molecule has 17 heavy (non-hydrogen) atoms. The monoisotopic (exact) mass is 232 g/mol. The summed E-state index contributed by atoms with van der Waals surface area (Å²) in [5.41, 5.74) is 1.18. The van der Waals surface area contributed by atoms with Crippen LogP contribution in [-0.2, 0) is 4.79 Å². The number of hydrogen-bond acceptors (Lipinski definition) is 3. The van der Waals surface area contributed by atoms with E-state index < -0.39 is 0 Å². The Morgan fingerprint density at radius 2 is 2.00 bits per heavy atom. The van der Waals surface area contributed by atoms with Gasteiger partial charge >= 0.3 is 0 Å². The molecule has 4 heteroatoms. The molecule has 0 aliphatic heterocycles. The average Bonchev–Trinajstić information content (AvgIpc) is 2.25. The number of ketones is 1. The third-order valence-electron chi connectivity index (χ3n) is 1.99. The average molecular weight is 232 g/mol. The maximum atomic E-state index is 11.8. The fraction of sp³-hybridized carbons (Fsp3) is 0.231. The highest BCUT2D eigenvalue weighted by Gasteiger charge is 2.03. The minimum absolute atomic E-state index is 0.0918. The first-order chi connectivity index (χ1) is 7.99. The number of nitrogens with one attached hydrogen (secondary N) is 1. The molecule has 4 nitrogen and oxygen atoms in total. The number of nitrogens with zero attached hydrogens (tertiary/aromatic N) is 1. The third-order valence-corrected chi connectivity index (χ3v) is 1.99. The summed E-state index contributed by atoms with van der Waals surface area (Å²) in [6, 6.07) is 6.85. The molecule has 0 aromatic heterocycles. The van der Waals surface area contributed by atoms with Crippen LogP contribution in [0, 0.1) is 0 Å². The molecule has 1 N–H and O–H groups in total. The summed E-state index contributed by atoms with van der Waals surface area (Å²) in [5.74, 6) is -0.246. The molecule has 0 aliphatic carbocycles. The van der Waals surface area contributed by atoms with Crippen molar-refractivity contribution in [3.8, 4) is 0 Å². The number of allylic oxidation sites excluding steroid dienone is 1. The van der Waals surface area contributed by atoms with E-state index in [0.29, 0.717) is 11.3 Å². The first-order valence-corrected chi connectivity index (χ1v) is 5.25. The van der Waals surface area contributed by atoms with Gasteiger partial charge in [0.2, 0.25) is 5.91 Å². The number of rotatable bonds is 4. The number of amides is 1. The summed E-state index contributed by atoms with van der Waals surface area (Å²) in [6.45, 7) is 1.43. The normalized spacial score (nSPS) is 10.3. The summed E-state index contributed by atoms with van der Waals surface area (Å²) in [6.07, 6.45) is 3.18. The summed E-state index contributed by atoms with van der Waals surface area (Å²) in [5, 5.41) is 2.64. The number of anilines is 1. The van der Waals surface area contributed by atoms with E-state index in [1.54, 1.807) is 35.4 Å². The van der Waals surface area contributed by atoms with Crippen LogP contribution in [0.25, 0.3) is 0 Å². The second kappa shape index (κ2) is 5.84. The van der Waals surface area contributed by atoms with E-state index in [9.17, 15) is 9.59 Å². The number of benzene rings is 1. The lowest BCUT2D eigenvalue weighted by molar-refractivity contribution is -0.114. The molecular formula is C13H16N2O2. The maximum absolute atomic E-state index is 11.8. The zero-order valence-electron chi connectivity index (χ0n) is 10.2. The molecule has 1 rings (SSSR count). The van der Waals surface area contributed by atoms with Crippen molar-refractivity contribution in [2.75, 3.05) is 19.4 Å². The van der Waals surface area contributed by atoms with Crippen LogP contribution in [0.2, 0.25) is 0 Å². The fourth-order valence-corrected chi connectivity index (χ4v) is 1.27. The molecule has 1 aromatic rings. The van der Waals surface area contributed by atoms with Gasteiger partial charge in [0.15, 0.2) is 5.78 Å². The van der Waals surface area contributed by atoms with Crippen molar-refractivity contribution in [3.63, 3.8) is 0 Å². The summed E-state index contributed by atoms with van der Waals surface area (Å²) in [4.78, 5) is 24.4. The standard InChI is InChI=1S/C13H16N2O2/c1-10(16)14-12-6-4-5-11(9-12)13(17)7-8-15(2)3/h4-9H,1-3H3,(H,14,16)/b8-7+. The van der Waals surface area contributed by atoms with Gasteiger partial charge in [0.25, 0.3) is 0 Å². The molecule has 0 heterocycles. The molecule has 90 valence electrons. The van der Waals surface area contributed by atoms with Crippen molar-refractivity contribution in [3.05, 3.63) is 42.1 Å². The highest BCUT2D eigenvalue weighted by molar-refractivity contribution is 6.05. The van der Waals surface area contributed by atoms with Gasteiger partial charge in [-0.2, -0.15) is 0 Å². The quantitative estimate of drug-likeness (QED) is 0.637. The van der Waals surface area contributed by atoms with E-state index >= 15 is 0 Å². The van der Waals surface area contributed by atoms with Gasteiger partial charge in [-0.05, 0) is 12.1 Å². The Morgan fingerprint density at radius 3 is 2.59 bits per heavy atom. The topological polar surface area (TPSA) is 49.4 Å². The fourth-order valence-electron chi connectivity index (χ4n) is 1.27. The van der Waals surface area contributed by atoms with Gasteiger partial charge in [-0.3, -0.25) is 9.59 Å². The van der Waals surface area contributed by atoms with Crippen molar-refractivity contribution in [1.29, 1.82) is 0 Å². The second-order valence-electron chi connectivity index (χ2n) is 3.91. The van der Waals surface area contributed by atoms with Gasteiger partial charge in [0.1, 0.15) is 0 Å². The molecule has 0 unspecified atom stereocenters. The van der Waals surface area contributed by atoms with Crippen LogP contribution in [0.15, 0.2) is 36.5 Å². The van der Waals surface area contributed by atoms with Gasteiger partial charge in [0, 0.05) is 44.5 Å². The van der Waals surface area contributed by atoms with E-state index in [-0.39, 0.29) is 11.7 Å². The molecular weight excluding hydrogens is 216 g/mol. The van der Waals surface area contributed by atoms with Crippen LogP contribution in [0.5, 0.6) is 0 Å². The minimum atomic E-state index is -0.154. The lowest BCUT2D eigenvalue weighted by Gasteiger charge is -2.05. The highest BCUT2D eigenvalue weighted by atomic mass is 16.1. The van der Waals surface area contributed by atoms with Crippen LogP contribution >= 0.6 is 0 Å². The summed E-state index contributed by atoms with van der Waals surface area (Å²) in [7, 11) is 3.69. The highest BCUT2D eigenvalue weighted by Crippen LogP contribution is 2.11. The molecule has 1 amide bonds. The second-order valence-corrected chi connectivity index (χ2v) is 3.91. The van der Waals surface area contributed by atoms with E-state index in [0.717, 1.165) is 0 Å². The Bertz CT molecular complexity index is 450. The summed E-state index contributed by atoms with van der Waals surface area (Å²) < 4.78 is 0. The van der Waals surface area contributed by atoms with Gasteiger partial charge in [-0.1, -0.05) is 12.1 Å². The lowest BCUT2D eigenvalue weighted by atomic mass is 10.1.